The molecule has 1 aliphatic rings. The van der Waals surface area contributed by atoms with E-state index in [9.17, 15) is 8.42 Å². The van der Waals surface area contributed by atoms with Gasteiger partial charge in [0.15, 0.2) is 9.84 Å². The molecule has 1 atom stereocenters. The number of hydrogen-bond acceptors (Lipinski definition) is 5. The molecule has 7 heteroatoms. The zero-order valence-electron chi connectivity index (χ0n) is 9.99. The number of hydrogen-bond donors (Lipinski definition) is 2. The van der Waals surface area contributed by atoms with Gasteiger partial charge in [0.1, 0.15) is 0 Å². The highest BCUT2D eigenvalue weighted by molar-refractivity contribution is 9.10. The van der Waals surface area contributed by atoms with Gasteiger partial charge < -0.3 is 10.6 Å². The summed E-state index contributed by atoms with van der Waals surface area (Å²) in [6.07, 6.45) is 0.853. The second kappa shape index (κ2) is 6.47. The summed E-state index contributed by atoms with van der Waals surface area (Å²) < 4.78 is 24.0. The Morgan fingerprint density at radius 3 is 3.06 bits per heavy atom. The van der Waals surface area contributed by atoms with E-state index in [0.29, 0.717) is 6.54 Å². The summed E-state index contributed by atoms with van der Waals surface area (Å²) in [5.41, 5.74) is 0. The van der Waals surface area contributed by atoms with E-state index in [1.165, 1.54) is 4.88 Å². The van der Waals surface area contributed by atoms with Crippen LogP contribution in [0.1, 0.15) is 11.3 Å². The van der Waals surface area contributed by atoms with Crippen LogP contribution in [0.15, 0.2) is 15.9 Å². The molecule has 0 aliphatic carbocycles. The second-order valence-electron chi connectivity index (χ2n) is 4.46. The molecule has 0 bridgehead atoms. The van der Waals surface area contributed by atoms with Crippen LogP contribution in [-0.2, 0) is 16.4 Å². The second-order valence-corrected chi connectivity index (χ2v) is 8.60. The molecule has 0 spiro atoms. The number of thiophene rings is 1. The molecule has 1 aromatic heterocycles. The van der Waals surface area contributed by atoms with Gasteiger partial charge in [0, 0.05) is 33.9 Å². The van der Waals surface area contributed by atoms with Gasteiger partial charge in [0.25, 0.3) is 0 Å². The topological polar surface area (TPSA) is 58.2 Å². The van der Waals surface area contributed by atoms with Gasteiger partial charge in [-0.3, -0.25) is 0 Å². The minimum atomic E-state index is -2.81. The van der Waals surface area contributed by atoms with E-state index >= 15 is 0 Å². The lowest BCUT2D eigenvalue weighted by molar-refractivity contribution is 0.479. The first-order chi connectivity index (χ1) is 8.55. The van der Waals surface area contributed by atoms with Crippen molar-refractivity contribution in [1.29, 1.82) is 0 Å². The summed E-state index contributed by atoms with van der Waals surface area (Å²) in [4.78, 5) is 1.28. The molecule has 0 aromatic carbocycles. The molecule has 0 saturated carbocycles. The standard InChI is InChI=1S/C11H17BrN2O2S2/c12-9-5-11(17-7-9)6-13-2-1-10-8-18(15,16)4-3-14-10/h5,7,10,13-14H,1-4,6,8H2. The summed E-state index contributed by atoms with van der Waals surface area (Å²) in [5.74, 6) is 0.555. The van der Waals surface area contributed by atoms with Crippen LogP contribution in [0.2, 0.25) is 0 Å². The van der Waals surface area contributed by atoms with Gasteiger partial charge in [-0.05, 0) is 35.0 Å². The summed E-state index contributed by atoms with van der Waals surface area (Å²) in [5, 5.41) is 8.66. The van der Waals surface area contributed by atoms with Crippen molar-refractivity contribution < 1.29 is 8.42 Å². The molecule has 1 fully saturated rings. The van der Waals surface area contributed by atoms with E-state index < -0.39 is 9.84 Å². The SMILES string of the molecule is O=S1(=O)CCNC(CCNCc2cc(Br)cs2)C1. The zero-order chi connectivity index (χ0) is 13.0. The molecule has 0 amide bonds. The third kappa shape index (κ3) is 4.62. The van der Waals surface area contributed by atoms with Gasteiger partial charge in [-0.15, -0.1) is 11.3 Å². The third-order valence-corrected chi connectivity index (χ3v) is 6.33. The van der Waals surface area contributed by atoms with Gasteiger partial charge in [0.05, 0.1) is 11.5 Å². The molecule has 102 valence electrons. The summed E-state index contributed by atoms with van der Waals surface area (Å²) in [7, 11) is -2.81. The van der Waals surface area contributed by atoms with Crippen LogP contribution in [0.25, 0.3) is 0 Å². The maximum Gasteiger partial charge on any atom is 0.153 e. The van der Waals surface area contributed by atoms with Crippen molar-refractivity contribution in [3.63, 3.8) is 0 Å². The van der Waals surface area contributed by atoms with E-state index in [2.05, 4.69) is 38.0 Å². The largest absolute Gasteiger partial charge is 0.312 e. The summed E-state index contributed by atoms with van der Waals surface area (Å²) in [6, 6.07) is 2.20. The fraction of sp³-hybridized carbons (Fsp3) is 0.636. The van der Waals surface area contributed by atoms with Crippen molar-refractivity contribution >= 4 is 37.1 Å². The maximum absolute atomic E-state index is 11.5. The van der Waals surface area contributed by atoms with Crippen molar-refractivity contribution in [2.24, 2.45) is 0 Å². The van der Waals surface area contributed by atoms with Crippen molar-refractivity contribution in [2.75, 3.05) is 24.6 Å². The van der Waals surface area contributed by atoms with E-state index in [4.69, 9.17) is 0 Å². The van der Waals surface area contributed by atoms with Crippen LogP contribution in [0.4, 0.5) is 0 Å². The summed E-state index contributed by atoms with van der Waals surface area (Å²) >= 11 is 5.14. The minimum Gasteiger partial charge on any atom is -0.312 e. The Labute approximate surface area is 120 Å². The van der Waals surface area contributed by atoms with Gasteiger partial charge in [0.2, 0.25) is 0 Å². The average Bonchev–Trinajstić information content (AvgIpc) is 2.69. The molecule has 1 aromatic rings. The molecular weight excluding hydrogens is 336 g/mol. The molecule has 4 nitrogen and oxygen atoms in total. The smallest absolute Gasteiger partial charge is 0.153 e. The van der Waals surface area contributed by atoms with E-state index in [1.807, 2.05) is 0 Å². The molecule has 2 N–H and O–H groups in total. The first kappa shape index (κ1) is 14.5. The molecule has 2 rings (SSSR count). The monoisotopic (exact) mass is 352 g/mol. The first-order valence-electron chi connectivity index (χ1n) is 5.92. The van der Waals surface area contributed by atoms with Crippen molar-refractivity contribution in [3.8, 4) is 0 Å². The number of nitrogens with one attached hydrogen (secondary N) is 2. The lowest BCUT2D eigenvalue weighted by Crippen LogP contribution is -2.46. The quantitative estimate of drug-likeness (QED) is 0.786. The van der Waals surface area contributed by atoms with Crippen LogP contribution < -0.4 is 10.6 Å². The molecule has 0 radical (unpaired) electrons. The van der Waals surface area contributed by atoms with Gasteiger partial charge >= 0.3 is 0 Å². The Kier molecular flexibility index (Phi) is 5.20. The number of rotatable bonds is 5. The highest BCUT2D eigenvalue weighted by Gasteiger charge is 2.23. The normalized spacial score (nSPS) is 23.1. The Balaban J connectivity index is 1.66. The fourth-order valence-corrected chi connectivity index (χ4v) is 4.90. The first-order valence-corrected chi connectivity index (χ1v) is 9.42. The van der Waals surface area contributed by atoms with Crippen LogP contribution in [0, 0.1) is 0 Å². The third-order valence-electron chi connectivity index (χ3n) is 2.89. The van der Waals surface area contributed by atoms with E-state index in [0.717, 1.165) is 24.0 Å². The predicted octanol–water partition coefficient (Wildman–Crippen LogP) is 1.38. The molecule has 1 unspecified atom stereocenters. The Hall–Kier alpha value is 0.0500. The molecular formula is C11H17BrN2O2S2. The van der Waals surface area contributed by atoms with Crippen molar-refractivity contribution in [3.05, 3.63) is 20.8 Å². The Bertz CT molecular complexity index is 487. The molecule has 2 heterocycles. The predicted molar refractivity (Wildman–Crippen MR) is 78.8 cm³/mol. The fourth-order valence-electron chi connectivity index (χ4n) is 1.99. The molecule has 1 aliphatic heterocycles. The highest BCUT2D eigenvalue weighted by atomic mass is 79.9. The van der Waals surface area contributed by atoms with Crippen LogP contribution in [0.3, 0.4) is 0 Å². The zero-order valence-corrected chi connectivity index (χ0v) is 13.2. The highest BCUT2D eigenvalue weighted by Crippen LogP contribution is 2.19. The van der Waals surface area contributed by atoms with Crippen molar-refractivity contribution in [2.45, 2.75) is 19.0 Å². The molecule has 1 saturated heterocycles. The number of sulfone groups is 1. The van der Waals surface area contributed by atoms with Gasteiger partial charge in [-0.1, -0.05) is 0 Å². The van der Waals surface area contributed by atoms with E-state index in [-0.39, 0.29) is 17.5 Å². The van der Waals surface area contributed by atoms with Crippen LogP contribution in [0.5, 0.6) is 0 Å². The minimum absolute atomic E-state index is 0.103. The maximum atomic E-state index is 11.5. The van der Waals surface area contributed by atoms with Crippen molar-refractivity contribution in [1.82, 2.24) is 10.6 Å². The van der Waals surface area contributed by atoms with Crippen LogP contribution in [-0.4, -0.2) is 39.1 Å². The average molecular weight is 353 g/mol. The van der Waals surface area contributed by atoms with Crippen LogP contribution >= 0.6 is 27.3 Å². The lowest BCUT2D eigenvalue weighted by Gasteiger charge is -2.23. The number of halogens is 1. The Morgan fingerprint density at radius 1 is 1.56 bits per heavy atom. The molecule has 18 heavy (non-hydrogen) atoms. The summed E-state index contributed by atoms with van der Waals surface area (Å²) in [6.45, 7) is 2.27. The van der Waals surface area contributed by atoms with Gasteiger partial charge in [-0.25, -0.2) is 8.42 Å². The van der Waals surface area contributed by atoms with Gasteiger partial charge in [-0.2, -0.15) is 0 Å². The van der Waals surface area contributed by atoms with E-state index in [1.54, 1.807) is 11.3 Å². The Morgan fingerprint density at radius 2 is 2.39 bits per heavy atom. The lowest BCUT2D eigenvalue weighted by atomic mass is 10.2.